The Morgan fingerprint density at radius 2 is 2.00 bits per heavy atom. The highest BCUT2D eigenvalue weighted by molar-refractivity contribution is 5.49. The van der Waals surface area contributed by atoms with E-state index in [1.807, 2.05) is 0 Å². The molecule has 0 bridgehead atoms. The minimum atomic E-state index is 0.602. The van der Waals surface area contributed by atoms with Crippen LogP contribution in [0.1, 0.15) is 57.7 Å². The first-order valence-electron chi connectivity index (χ1n) is 7.69. The molecule has 0 amide bonds. The van der Waals surface area contributed by atoms with Gasteiger partial charge in [0.2, 0.25) is 0 Å². The number of anilines is 2. The highest BCUT2D eigenvalue weighted by Gasteiger charge is 2.36. The van der Waals surface area contributed by atoms with Crippen LogP contribution in [0.4, 0.5) is 11.6 Å². The van der Waals surface area contributed by atoms with Crippen LogP contribution in [0.5, 0.6) is 0 Å². The lowest BCUT2D eigenvalue weighted by Crippen LogP contribution is -2.10. The topological polar surface area (TPSA) is 49.8 Å². The molecule has 4 nitrogen and oxygen atoms in total. The Bertz CT molecular complexity index is 442. The van der Waals surface area contributed by atoms with Gasteiger partial charge in [0.15, 0.2) is 0 Å². The highest BCUT2D eigenvalue weighted by atomic mass is 15.1. The van der Waals surface area contributed by atoms with Crippen molar-refractivity contribution in [3.8, 4) is 0 Å². The molecule has 104 valence electrons. The van der Waals surface area contributed by atoms with Gasteiger partial charge < -0.3 is 10.6 Å². The Morgan fingerprint density at radius 3 is 2.68 bits per heavy atom. The molecule has 2 fully saturated rings. The van der Waals surface area contributed by atoms with Gasteiger partial charge in [-0.25, -0.2) is 9.97 Å². The molecule has 0 radical (unpaired) electrons. The van der Waals surface area contributed by atoms with Crippen molar-refractivity contribution in [2.45, 2.75) is 57.9 Å². The predicted molar refractivity (Wildman–Crippen MR) is 78.6 cm³/mol. The molecule has 1 aromatic heterocycles. The fraction of sp³-hybridized carbons (Fsp3) is 0.733. The third-order valence-electron chi connectivity index (χ3n) is 3.96. The van der Waals surface area contributed by atoms with E-state index < -0.39 is 0 Å². The molecule has 0 aliphatic heterocycles. The van der Waals surface area contributed by atoms with E-state index in [0.717, 1.165) is 29.9 Å². The average Bonchev–Trinajstić information content (AvgIpc) is 3.25. The lowest BCUT2D eigenvalue weighted by Gasteiger charge is -2.10. The van der Waals surface area contributed by atoms with E-state index in [1.54, 1.807) is 0 Å². The SMILES string of the molecule is CCCC1CC1Nc1cc(NCC)nc(C2CC2)n1. The zero-order valence-corrected chi connectivity index (χ0v) is 11.9. The molecule has 0 aromatic carbocycles. The van der Waals surface area contributed by atoms with Crippen LogP contribution in [0.25, 0.3) is 0 Å². The molecular weight excluding hydrogens is 236 g/mol. The molecule has 1 heterocycles. The zero-order chi connectivity index (χ0) is 13.2. The Labute approximate surface area is 115 Å². The van der Waals surface area contributed by atoms with Gasteiger partial charge >= 0.3 is 0 Å². The third-order valence-corrected chi connectivity index (χ3v) is 3.96. The summed E-state index contributed by atoms with van der Waals surface area (Å²) in [6, 6.07) is 2.69. The number of nitrogens with one attached hydrogen (secondary N) is 2. The molecule has 2 N–H and O–H groups in total. The fourth-order valence-electron chi connectivity index (χ4n) is 2.64. The third kappa shape index (κ3) is 3.17. The molecule has 2 aliphatic rings. The summed E-state index contributed by atoms with van der Waals surface area (Å²) in [5.74, 6) is 4.46. The van der Waals surface area contributed by atoms with Gasteiger partial charge in [-0.05, 0) is 38.5 Å². The van der Waals surface area contributed by atoms with Crippen LogP contribution in [-0.2, 0) is 0 Å². The van der Waals surface area contributed by atoms with E-state index in [9.17, 15) is 0 Å². The van der Waals surface area contributed by atoms with Gasteiger partial charge in [0.1, 0.15) is 17.5 Å². The molecular formula is C15H24N4. The Hall–Kier alpha value is -1.32. The number of aromatic nitrogens is 2. The first-order chi connectivity index (χ1) is 9.30. The van der Waals surface area contributed by atoms with Gasteiger partial charge in [0.05, 0.1) is 0 Å². The molecule has 19 heavy (non-hydrogen) atoms. The summed E-state index contributed by atoms with van der Waals surface area (Å²) >= 11 is 0. The van der Waals surface area contributed by atoms with Crippen LogP contribution in [-0.4, -0.2) is 22.6 Å². The van der Waals surface area contributed by atoms with Crippen molar-refractivity contribution in [1.29, 1.82) is 0 Å². The maximum atomic E-state index is 4.69. The van der Waals surface area contributed by atoms with Crippen LogP contribution in [0.15, 0.2) is 6.07 Å². The standard InChI is InChI=1S/C15H24N4/c1-3-5-11-8-12(11)17-14-9-13(16-4-2)18-15(19-14)10-6-7-10/h9-12H,3-8H2,1-2H3,(H2,16,17,18,19). The Morgan fingerprint density at radius 1 is 1.21 bits per heavy atom. The lowest BCUT2D eigenvalue weighted by atomic mass is 10.2. The highest BCUT2D eigenvalue weighted by Crippen LogP contribution is 2.40. The Balaban J connectivity index is 1.69. The van der Waals surface area contributed by atoms with Crippen LogP contribution < -0.4 is 10.6 Å². The van der Waals surface area contributed by atoms with E-state index in [1.165, 1.54) is 32.1 Å². The van der Waals surface area contributed by atoms with Crippen LogP contribution in [0, 0.1) is 5.92 Å². The number of nitrogens with zero attached hydrogens (tertiary/aromatic N) is 2. The summed E-state index contributed by atoms with van der Waals surface area (Å²) in [4.78, 5) is 9.30. The van der Waals surface area contributed by atoms with Gasteiger partial charge in [-0.1, -0.05) is 13.3 Å². The van der Waals surface area contributed by atoms with E-state index >= 15 is 0 Å². The van der Waals surface area contributed by atoms with E-state index in [0.29, 0.717) is 12.0 Å². The van der Waals surface area contributed by atoms with Gasteiger partial charge in [0, 0.05) is 24.6 Å². The van der Waals surface area contributed by atoms with E-state index in [4.69, 9.17) is 4.98 Å². The van der Waals surface area contributed by atoms with E-state index in [-0.39, 0.29) is 0 Å². The Kier molecular flexibility index (Phi) is 3.58. The maximum Gasteiger partial charge on any atom is 0.136 e. The second-order valence-electron chi connectivity index (χ2n) is 5.84. The average molecular weight is 260 g/mol. The molecule has 3 rings (SSSR count). The molecule has 0 saturated heterocycles. The molecule has 1 aromatic rings. The molecule has 2 unspecified atom stereocenters. The minimum absolute atomic E-state index is 0.602. The monoisotopic (exact) mass is 260 g/mol. The van der Waals surface area contributed by atoms with Crippen molar-refractivity contribution in [3.05, 3.63) is 11.9 Å². The number of hydrogen-bond acceptors (Lipinski definition) is 4. The lowest BCUT2D eigenvalue weighted by molar-refractivity contribution is 0.692. The summed E-state index contributed by atoms with van der Waals surface area (Å²) in [5, 5.41) is 6.89. The fourth-order valence-corrected chi connectivity index (χ4v) is 2.64. The van der Waals surface area contributed by atoms with Crippen LogP contribution in [0.3, 0.4) is 0 Å². The zero-order valence-electron chi connectivity index (χ0n) is 11.9. The van der Waals surface area contributed by atoms with Crippen molar-refractivity contribution in [2.75, 3.05) is 17.2 Å². The first kappa shape index (κ1) is 12.7. The van der Waals surface area contributed by atoms with Crippen LogP contribution in [0.2, 0.25) is 0 Å². The minimum Gasteiger partial charge on any atom is -0.370 e. The maximum absolute atomic E-state index is 4.69. The van der Waals surface area contributed by atoms with Crippen molar-refractivity contribution in [2.24, 2.45) is 5.92 Å². The van der Waals surface area contributed by atoms with Crippen molar-refractivity contribution in [3.63, 3.8) is 0 Å². The van der Waals surface area contributed by atoms with Gasteiger partial charge in [-0.3, -0.25) is 0 Å². The predicted octanol–water partition coefficient (Wildman–Crippen LogP) is 3.39. The second-order valence-corrected chi connectivity index (χ2v) is 5.84. The second kappa shape index (κ2) is 5.35. The van der Waals surface area contributed by atoms with Gasteiger partial charge in [0.25, 0.3) is 0 Å². The summed E-state index contributed by atoms with van der Waals surface area (Å²) in [6.07, 6.45) is 6.40. The summed E-state index contributed by atoms with van der Waals surface area (Å²) in [5.41, 5.74) is 0. The number of hydrogen-bond donors (Lipinski definition) is 2. The quantitative estimate of drug-likeness (QED) is 0.789. The van der Waals surface area contributed by atoms with Crippen molar-refractivity contribution < 1.29 is 0 Å². The molecule has 0 spiro atoms. The van der Waals surface area contributed by atoms with Crippen LogP contribution >= 0.6 is 0 Å². The summed E-state index contributed by atoms with van der Waals surface area (Å²) in [6.45, 7) is 5.27. The molecule has 2 saturated carbocycles. The molecule has 2 atom stereocenters. The summed E-state index contributed by atoms with van der Waals surface area (Å²) < 4.78 is 0. The normalized spacial score (nSPS) is 25.2. The number of rotatable bonds is 7. The largest absolute Gasteiger partial charge is 0.370 e. The van der Waals surface area contributed by atoms with Gasteiger partial charge in [-0.2, -0.15) is 0 Å². The van der Waals surface area contributed by atoms with E-state index in [2.05, 4.69) is 35.5 Å². The van der Waals surface area contributed by atoms with Gasteiger partial charge in [-0.15, -0.1) is 0 Å². The van der Waals surface area contributed by atoms with Crippen molar-refractivity contribution in [1.82, 2.24) is 9.97 Å². The smallest absolute Gasteiger partial charge is 0.136 e. The molecule has 2 aliphatic carbocycles. The first-order valence-corrected chi connectivity index (χ1v) is 7.69. The van der Waals surface area contributed by atoms with Crippen molar-refractivity contribution >= 4 is 11.6 Å². The molecule has 4 heteroatoms. The summed E-state index contributed by atoms with van der Waals surface area (Å²) in [7, 11) is 0.